The van der Waals surface area contributed by atoms with Gasteiger partial charge in [-0.15, -0.1) is 0 Å². The molecule has 2 aliphatic carbocycles. The van der Waals surface area contributed by atoms with Crippen LogP contribution in [0, 0.1) is 17.8 Å². The lowest BCUT2D eigenvalue weighted by molar-refractivity contribution is 0.393. The highest BCUT2D eigenvalue weighted by atomic mass is 16.5. The van der Waals surface area contributed by atoms with Gasteiger partial charge in [-0.25, -0.2) is 0 Å². The smallest absolute Gasteiger partial charge is 0.124 e. The molecule has 80 valence electrons. The van der Waals surface area contributed by atoms with E-state index in [1.165, 1.54) is 12.8 Å². The first-order chi connectivity index (χ1) is 7.42. The Morgan fingerprint density at radius 3 is 3.07 bits per heavy atom. The highest BCUT2D eigenvalue weighted by molar-refractivity contribution is 5.10. The summed E-state index contributed by atoms with van der Waals surface area (Å²) in [5, 5.41) is 7.34. The minimum atomic E-state index is 0.827. The summed E-state index contributed by atoms with van der Waals surface area (Å²) in [6.45, 7) is 1.94. The van der Waals surface area contributed by atoms with Crippen LogP contribution in [0.4, 0.5) is 0 Å². The number of allylic oxidation sites excluding steroid dienone is 2. The first kappa shape index (κ1) is 9.16. The monoisotopic (exact) mass is 204 g/mol. The van der Waals surface area contributed by atoms with Crippen LogP contribution in [0.5, 0.6) is 0 Å². The van der Waals surface area contributed by atoms with E-state index in [9.17, 15) is 0 Å². The van der Waals surface area contributed by atoms with Crippen molar-refractivity contribution in [1.82, 2.24) is 10.5 Å². The van der Waals surface area contributed by atoms with Gasteiger partial charge in [0.15, 0.2) is 0 Å². The Hall–Kier alpha value is -1.09. The number of fused-ring (bicyclic) bond motifs is 2. The van der Waals surface area contributed by atoms with Crippen molar-refractivity contribution < 1.29 is 4.52 Å². The van der Waals surface area contributed by atoms with Crippen molar-refractivity contribution in [3.05, 3.63) is 30.2 Å². The Morgan fingerprint density at radius 2 is 2.40 bits per heavy atom. The molecule has 3 nitrogen and oxygen atoms in total. The maximum Gasteiger partial charge on any atom is 0.124 e. The summed E-state index contributed by atoms with van der Waals surface area (Å²) in [5.74, 6) is 2.54. The average molecular weight is 204 g/mol. The summed E-state index contributed by atoms with van der Waals surface area (Å²) < 4.78 is 4.79. The number of hydrogen-bond donors (Lipinski definition) is 1. The van der Waals surface area contributed by atoms with Crippen LogP contribution in [0.25, 0.3) is 0 Å². The van der Waals surface area contributed by atoms with Crippen LogP contribution in [-0.2, 0) is 6.54 Å². The van der Waals surface area contributed by atoms with Crippen LogP contribution < -0.4 is 5.32 Å². The third kappa shape index (κ3) is 1.84. The number of aromatic nitrogens is 1. The van der Waals surface area contributed by atoms with E-state index in [4.69, 9.17) is 4.52 Å². The molecule has 2 bridgehead atoms. The van der Waals surface area contributed by atoms with Crippen LogP contribution in [0.3, 0.4) is 0 Å². The molecule has 3 unspecified atom stereocenters. The molecule has 1 N–H and O–H groups in total. The molecule has 3 rings (SSSR count). The molecule has 2 aliphatic rings. The van der Waals surface area contributed by atoms with Crippen LogP contribution in [-0.4, -0.2) is 11.7 Å². The van der Waals surface area contributed by atoms with E-state index in [1.54, 1.807) is 6.26 Å². The van der Waals surface area contributed by atoms with Crippen molar-refractivity contribution in [3.8, 4) is 0 Å². The highest BCUT2D eigenvalue weighted by Crippen LogP contribution is 2.42. The lowest BCUT2D eigenvalue weighted by Gasteiger charge is -2.17. The molecule has 3 heteroatoms. The van der Waals surface area contributed by atoms with Gasteiger partial charge in [-0.3, -0.25) is 0 Å². The molecule has 0 radical (unpaired) electrons. The second-order valence-corrected chi connectivity index (χ2v) is 4.66. The molecule has 1 aromatic rings. The minimum absolute atomic E-state index is 0.827. The molecular weight excluding hydrogens is 188 g/mol. The fourth-order valence-electron chi connectivity index (χ4n) is 2.84. The maximum absolute atomic E-state index is 4.79. The molecule has 0 spiro atoms. The second kappa shape index (κ2) is 3.81. The topological polar surface area (TPSA) is 38.1 Å². The van der Waals surface area contributed by atoms with Crippen molar-refractivity contribution in [3.63, 3.8) is 0 Å². The molecule has 0 aromatic carbocycles. The maximum atomic E-state index is 4.79. The molecule has 15 heavy (non-hydrogen) atoms. The predicted octanol–water partition coefficient (Wildman–Crippen LogP) is 1.98. The molecule has 1 aromatic heterocycles. The fourth-order valence-corrected chi connectivity index (χ4v) is 2.84. The third-order valence-corrected chi connectivity index (χ3v) is 3.62. The number of nitrogens with one attached hydrogen (secondary N) is 1. The number of rotatable bonds is 4. The molecular formula is C12H16N2O. The van der Waals surface area contributed by atoms with Crippen molar-refractivity contribution >= 4 is 0 Å². The van der Waals surface area contributed by atoms with E-state index in [0.717, 1.165) is 36.5 Å². The summed E-state index contributed by atoms with van der Waals surface area (Å²) in [6, 6.07) is 1.91. The van der Waals surface area contributed by atoms with Gasteiger partial charge in [0.25, 0.3) is 0 Å². The van der Waals surface area contributed by atoms with E-state index in [1.807, 2.05) is 6.07 Å². The van der Waals surface area contributed by atoms with Gasteiger partial charge in [0.1, 0.15) is 6.26 Å². The van der Waals surface area contributed by atoms with Crippen LogP contribution in [0.2, 0.25) is 0 Å². The zero-order chi connectivity index (χ0) is 10.1. The molecule has 1 fully saturated rings. The van der Waals surface area contributed by atoms with Gasteiger partial charge in [-0.05, 0) is 37.1 Å². The normalized spacial score (nSPS) is 32.7. The zero-order valence-electron chi connectivity index (χ0n) is 8.73. The average Bonchev–Trinajstić information content (AvgIpc) is 2.93. The Morgan fingerprint density at radius 1 is 1.40 bits per heavy atom. The fraction of sp³-hybridized carbons (Fsp3) is 0.583. The molecule has 0 saturated heterocycles. The lowest BCUT2D eigenvalue weighted by Crippen LogP contribution is -2.25. The van der Waals surface area contributed by atoms with E-state index in [2.05, 4.69) is 22.6 Å². The largest absolute Gasteiger partial charge is 0.364 e. The molecule has 3 atom stereocenters. The number of nitrogens with zero attached hydrogens (tertiary/aromatic N) is 1. The van der Waals surface area contributed by atoms with Gasteiger partial charge in [-0.1, -0.05) is 17.3 Å². The molecule has 0 amide bonds. The first-order valence-corrected chi connectivity index (χ1v) is 5.70. The van der Waals surface area contributed by atoms with Gasteiger partial charge in [-0.2, -0.15) is 0 Å². The van der Waals surface area contributed by atoms with Crippen molar-refractivity contribution in [2.24, 2.45) is 17.8 Å². The van der Waals surface area contributed by atoms with Crippen LogP contribution >= 0.6 is 0 Å². The van der Waals surface area contributed by atoms with E-state index in [0.29, 0.717) is 0 Å². The van der Waals surface area contributed by atoms with Gasteiger partial charge in [0, 0.05) is 12.6 Å². The van der Waals surface area contributed by atoms with Gasteiger partial charge >= 0.3 is 0 Å². The van der Waals surface area contributed by atoms with E-state index < -0.39 is 0 Å². The summed E-state index contributed by atoms with van der Waals surface area (Å²) in [6.07, 6.45) is 9.16. The quantitative estimate of drug-likeness (QED) is 0.762. The second-order valence-electron chi connectivity index (χ2n) is 4.66. The van der Waals surface area contributed by atoms with Gasteiger partial charge < -0.3 is 9.84 Å². The molecule has 1 saturated carbocycles. The SMILES string of the molecule is C1=CC2CC1CC2CNCc1ccon1. The highest BCUT2D eigenvalue weighted by Gasteiger charge is 2.34. The Bertz CT molecular complexity index is 345. The Labute approximate surface area is 89.5 Å². The number of hydrogen-bond acceptors (Lipinski definition) is 3. The van der Waals surface area contributed by atoms with Crippen molar-refractivity contribution in [1.29, 1.82) is 0 Å². The van der Waals surface area contributed by atoms with Crippen LogP contribution in [0.15, 0.2) is 29.0 Å². The molecule has 0 aliphatic heterocycles. The van der Waals surface area contributed by atoms with Gasteiger partial charge in [0.2, 0.25) is 0 Å². The van der Waals surface area contributed by atoms with E-state index in [-0.39, 0.29) is 0 Å². The first-order valence-electron chi connectivity index (χ1n) is 5.70. The molecule has 1 heterocycles. The van der Waals surface area contributed by atoms with Crippen molar-refractivity contribution in [2.75, 3.05) is 6.54 Å². The Balaban J connectivity index is 1.45. The zero-order valence-corrected chi connectivity index (χ0v) is 8.73. The van der Waals surface area contributed by atoms with Crippen molar-refractivity contribution in [2.45, 2.75) is 19.4 Å². The predicted molar refractivity (Wildman–Crippen MR) is 57.1 cm³/mol. The summed E-state index contributed by atoms with van der Waals surface area (Å²) in [4.78, 5) is 0. The summed E-state index contributed by atoms with van der Waals surface area (Å²) in [7, 11) is 0. The van der Waals surface area contributed by atoms with Crippen LogP contribution in [0.1, 0.15) is 18.5 Å². The van der Waals surface area contributed by atoms with E-state index >= 15 is 0 Å². The third-order valence-electron chi connectivity index (χ3n) is 3.62. The Kier molecular flexibility index (Phi) is 2.33. The summed E-state index contributed by atoms with van der Waals surface area (Å²) in [5.41, 5.74) is 0.994. The lowest BCUT2D eigenvalue weighted by atomic mass is 9.94. The van der Waals surface area contributed by atoms with Gasteiger partial charge in [0.05, 0.1) is 5.69 Å². The standard InChI is InChI=1S/C12H16N2O/c1-2-10-5-9(1)6-11(10)7-13-8-12-3-4-15-14-12/h1-4,9-11,13H,5-8H2. The summed E-state index contributed by atoms with van der Waals surface area (Å²) >= 11 is 0. The minimum Gasteiger partial charge on any atom is -0.364 e.